The molecule has 144 valence electrons. The maximum Gasteiger partial charge on any atom is 0.288 e. The highest BCUT2D eigenvalue weighted by molar-refractivity contribution is 8.00. The van der Waals surface area contributed by atoms with Crippen LogP contribution in [0, 0.1) is 0 Å². The van der Waals surface area contributed by atoms with Crippen LogP contribution < -0.4 is 9.47 Å². The van der Waals surface area contributed by atoms with Crippen molar-refractivity contribution in [3.8, 4) is 11.5 Å². The predicted octanol–water partition coefficient (Wildman–Crippen LogP) is 4.91. The highest BCUT2D eigenvalue weighted by atomic mass is 32.2. The lowest BCUT2D eigenvalue weighted by Crippen LogP contribution is -2.30. The fourth-order valence-corrected chi connectivity index (χ4v) is 4.83. The molecule has 0 radical (unpaired) electrons. The highest BCUT2D eigenvalue weighted by Gasteiger charge is 2.33. The van der Waals surface area contributed by atoms with E-state index in [0.29, 0.717) is 40.3 Å². The number of amides is 1. The highest BCUT2D eigenvalue weighted by Crippen LogP contribution is 2.42. The molecule has 1 heterocycles. The second-order valence-electron chi connectivity index (χ2n) is 5.71. The van der Waals surface area contributed by atoms with Crippen molar-refractivity contribution in [3.63, 3.8) is 0 Å². The Morgan fingerprint density at radius 2 is 1.93 bits per heavy atom. The number of rotatable bonds is 6. The molecule has 1 atom stereocenters. The number of methoxy groups -OCH3 is 2. The van der Waals surface area contributed by atoms with E-state index in [1.165, 1.54) is 0 Å². The molecule has 27 heavy (non-hydrogen) atoms. The van der Waals surface area contributed by atoms with Crippen LogP contribution in [0.4, 0.5) is 8.78 Å². The summed E-state index contributed by atoms with van der Waals surface area (Å²) in [6.07, 6.45) is 0. The lowest BCUT2D eigenvalue weighted by atomic mass is 10.1. The van der Waals surface area contributed by atoms with E-state index in [1.54, 1.807) is 61.2 Å². The molecule has 8 heteroatoms. The minimum absolute atomic E-state index is 0.207. The van der Waals surface area contributed by atoms with E-state index in [2.05, 4.69) is 0 Å². The van der Waals surface area contributed by atoms with Crippen LogP contribution in [0.3, 0.4) is 0 Å². The molecule has 0 aromatic heterocycles. The van der Waals surface area contributed by atoms with E-state index in [-0.39, 0.29) is 11.3 Å². The molecule has 1 amide bonds. The van der Waals surface area contributed by atoms with Crippen LogP contribution >= 0.6 is 23.5 Å². The first-order chi connectivity index (χ1) is 13.0. The Morgan fingerprint density at radius 3 is 2.63 bits per heavy atom. The van der Waals surface area contributed by atoms with Gasteiger partial charge in [-0.3, -0.25) is 4.79 Å². The summed E-state index contributed by atoms with van der Waals surface area (Å²) in [6, 6.07) is 12.0. The van der Waals surface area contributed by atoms with Gasteiger partial charge in [0.1, 0.15) is 5.37 Å². The van der Waals surface area contributed by atoms with Crippen molar-refractivity contribution >= 4 is 29.4 Å². The van der Waals surface area contributed by atoms with Crippen LogP contribution in [-0.4, -0.2) is 43.1 Å². The van der Waals surface area contributed by atoms with Crippen LogP contribution in [0.5, 0.6) is 11.5 Å². The van der Waals surface area contributed by atoms with Gasteiger partial charge in [-0.15, -0.1) is 11.8 Å². The normalized spacial score (nSPS) is 16.6. The van der Waals surface area contributed by atoms with Gasteiger partial charge in [0.25, 0.3) is 11.7 Å². The van der Waals surface area contributed by atoms with E-state index in [4.69, 9.17) is 9.47 Å². The van der Waals surface area contributed by atoms with Gasteiger partial charge in [-0.05, 0) is 29.8 Å². The summed E-state index contributed by atoms with van der Waals surface area (Å²) in [5.74, 6) is -0.851. The lowest BCUT2D eigenvalue weighted by molar-refractivity contribution is 0.0756. The summed E-state index contributed by atoms with van der Waals surface area (Å²) in [5, 5.41) is -0.207. The van der Waals surface area contributed by atoms with E-state index in [1.807, 2.05) is 12.1 Å². The molecular weight excluding hydrogens is 392 g/mol. The molecule has 1 fully saturated rings. The SMILES string of the molecule is COc1ccc(C2SCCN2C(=O)c2ccccc2SC(F)F)cc1OC. The quantitative estimate of drug-likeness (QED) is 0.632. The first-order valence-corrected chi connectivity index (χ1v) is 10.2. The third-order valence-electron chi connectivity index (χ3n) is 4.18. The van der Waals surface area contributed by atoms with E-state index in [9.17, 15) is 13.6 Å². The number of hydrogen-bond donors (Lipinski definition) is 0. The molecular formula is C19H19F2NO3S2. The first-order valence-electron chi connectivity index (χ1n) is 8.23. The van der Waals surface area contributed by atoms with Crippen molar-refractivity contribution in [3.05, 3.63) is 53.6 Å². The number of carbonyl (C=O) groups excluding carboxylic acids is 1. The van der Waals surface area contributed by atoms with Gasteiger partial charge < -0.3 is 14.4 Å². The third-order valence-corrected chi connectivity index (χ3v) is 6.23. The molecule has 0 N–H and O–H groups in total. The van der Waals surface area contributed by atoms with Gasteiger partial charge in [-0.2, -0.15) is 8.78 Å². The Morgan fingerprint density at radius 1 is 1.19 bits per heavy atom. The van der Waals surface area contributed by atoms with Gasteiger partial charge in [-0.25, -0.2) is 0 Å². The number of hydrogen-bond acceptors (Lipinski definition) is 5. The average molecular weight is 411 g/mol. The molecule has 1 unspecified atom stereocenters. The number of alkyl halides is 2. The minimum Gasteiger partial charge on any atom is -0.493 e. The van der Waals surface area contributed by atoms with Gasteiger partial charge in [0, 0.05) is 17.2 Å². The molecule has 0 saturated carbocycles. The fourth-order valence-electron chi connectivity index (χ4n) is 2.96. The number of nitrogens with zero attached hydrogens (tertiary/aromatic N) is 1. The molecule has 0 aliphatic carbocycles. The van der Waals surface area contributed by atoms with Crippen molar-refractivity contribution < 1.29 is 23.0 Å². The van der Waals surface area contributed by atoms with E-state index < -0.39 is 5.76 Å². The Kier molecular flexibility index (Phi) is 6.49. The summed E-state index contributed by atoms with van der Waals surface area (Å²) < 4.78 is 36.3. The summed E-state index contributed by atoms with van der Waals surface area (Å²) in [7, 11) is 3.12. The summed E-state index contributed by atoms with van der Waals surface area (Å²) in [4.78, 5) is 15.1. The van der Waals surface area contributed by atoms with E-state index >= 15 is 0 Å². The smallest absolute Gasteiger partial charge is 0.288 e. The second-order valence-corrected chi connectivity index (χ2v) is 7.93. The van der Waals surface area contributed by atoms with Gasteiger partial charge in [0.2, 0.25) is 0 Å². The standard InChI is InChI=1S/C19H19F2NO3S2/c1-24-14-8-7-12(11-15(14)25-2)18-22(9-10-26-18)17(23)13-5-3-4-6-16(13)27-19(20)21/h3-8,11,18-19H,9-10H2,1-2H3. The molecule has 3 rings (SSSR count). The molecule has 2 aromatic carbocycles. The van der Waals surface area contributed by atoms with Crippen LogP contribution in [-0.2, 0) is 0 Å². The molecule has 1 saturated heterocycles. The Labute approximate surface area is 165 Å². The monoisotopic (exact) mass is 411 g/mol. The topological polar surface area (TPSA) is 38.8 Å². The Bertz CT molecular complexity index is 819. The maximum atomic E-state index is 13.1. The summed E-state index contributed by atoms with van der Waals surface area (Å²) in [5.41, 5.74) is 1.21. The summed E-state index contributed by atoms with van der Waals surface area (Å²) in [6.45, 7) is 0.552. The van der Waals surface area contributed by atoms with E-state index in [0.717, 1.165) is 11.3 Å². The van der Waals surface area contributed by atoms with Crippen molar-refractivity contribution in [1.82, 2.24) is 4.90 Å². The third kappa shape index (κ3) is 4.32. The predicted molar refractivity (Wildman–Crippen MR) is 104 cm³/mol. The molecule has 1 aliphatic rings. The zero-order valence-electron chi connectivity index (χ0n) is 14.9. The van der Waals surface area contributed by atoms with Crippen LogP contribution in [0.15, 0.2) is 47.4 Å². The van der Waals surface area contributed by atoms with Crippen molar-refractivity contribution in [2.75, 3.05) is 26.5 Å². The minimum atomic E-state index is -2.58. The van der Waals surface area contributed by atoms with Gasteiger partial charge in [0.15, 0.2) is 11.5 Å². The van der Waals surface area contributed by atoms with Gasteiger partial charge in [-0.1, -0.05) is 30.0 Å². The number of thioether (sulfide) groups is 2. The number of halogens is 2. The summed E-state index contributed by atoms with van der Waals surface area (Å²) >= 11 is 2.03. The lowest BCUT2D eigenvalue weighted by Gasteiger charge is -2.25. The van der Waals surface area contributed by atoms with Crippen LogP contribution in [0.25, 0.3) is 0 Å². The van der Waals surface area contributed by atoms with Crippen molar-refractivity contribution in [2.45, 2.75) is 16.0 Å². The van der Waals surface area contributed by atoms with Gasteiger partial charge >= 0.3 is 0 Å². The second kappa shape index (κ2) is 8.84. The van der Waals surface area contributed by atoms with Gasteiger partial charge in [0.05, 0.1) is 19.8 Å². The largest absolute Gasteiger partial charge is 0.493 e. The molecule has 1 aliphatic heterocycles. The molecule has 0 bridgehead atoms. The van der Waals surface area contributed by atoms with Crippen LogP contribution in [0.2, 0.25) is 0 Å². The van der Waals surface area contributed by atoms with Crippen molar-refractivity contribution in [1.29, 1.82) is 0 Å². The fraction of sp³-hybridized carbons (Fsp3) is 0.316. The zero-order chi connectivity index (χ0) is 19.4. The Balaban J connectivity index is 1.90. The first kappa shape index (κ1) is 19.8. The number of ether oxygens (including phenoxy) is 2. The average Bonchev–Trinajstić information content (AvgIpc) is 3.16. The molecule has 0 spiro atoms. The zero-order valence-corrected chi connectivity index (χ0v) is 16.5. The number of benzene rings is 2. The van der Waals surface area contributed by atoms with Crippen LogP contribution in [0.1, 0.15) is 21.3 Å². The Hall–Kier alpha value is -1.93. The maximum absolute atomic E-state index is 13.1. The number of carbonyl (C=O) groups is 1. The molecule has 4 nitrogen and oxygen atoms in total. The molecule has 2 aromatic rings. The van der Waals surface area contributed by atoms with Crippen molar-refractivity contribution in [2.24, 2.45) is 0 Å².